The number of rotatable bonds is 35. The van der Waals surface area contributed by atoms with E-state index in [1.54, 1.807) is 0 Å². The molecule has 46 heavy (non-hydrogen) atoms. The van der Waals surface area contributed by atoms with E-state index in [2.05, 4.69) is 30.5 Å². The molecule has 0 heterocycles. The van der Waals surface area contributed by atoms with Crippen molar-refractivity contribution < 1.29 is 38.3 Å². The van der Waals surface area contributed by atoms with E-state index < -0.39 is 39.0 Å². The minimum Gasteiger partial charge on any atom is -0.394 e. The summed E-state index contributed by atoms with van der Waals surface area (Å²) < 4.78 is 21.6. The molecule has 0 amide bonds. The molecule has 8 nitrogen and oxygen atoms in total. The van der Waals surface area contributed by atoms with Crippen LogP contribution in [-0.2, 0) is 23.2 Å². The van der Waals surface area contributed by atoms with Crippen molar-refractivity contribution in [3.63, 3.8) is 0 Å². The summed E-state index contributed by atoms with van der Waals surface area (Å²) in [4.78, 5) is 35.8. The van der Waals surface area contributed by atoms with Crippen LogP contribution in [0, 0.1) is 5.92 Å². The molecule has 0 rings (SSSR count). The van der Waals surface area contributed by atoms with Crippen molar-refractivity contribution in [3.05, 3.63) is 12.2 Å². The maximum absolute atomic E-state index is 13.1. The van der Waals surface area contributed by atoms with Gasteiger partial charge in [0.1, 0.15) is 17.8 Å². The first-order valence-electron chi connectivity index (χ1n) is 18.9. The van der Waals surface area contributed by atoms with Crippen LogP contribution in [0.1, 0.15) is 187 Å². The van der Waals surface area contributed by atoms with Gasteiger partial charge in [0, 0.05) is 6.42 Å². The molecule has 0 spiro atoms. The minimum atomic E-state index is -4.82. The monoisotopic (exact) mass is 674 g/mol. The third-order valence-corrected chi connectivity index (χ3v) is 9.44. The first-order chi connectivity index (χ1) is 22.3. The maximum atomic E-state index is 13.1. The molecule has 9 heteroatoms. The van der Waals surface area contributed by atoms with Gasteiger partial charge < -0.3 is 14.7 Å². The fraction of sp³-hybridized carbons (Fsp3) is 0.892. The van der Waals surface area contributed by atoms with E-state index in [0.29, 0.717) is 12.8 Å². The number of hydrogen-bond donors (Lipinski definition) is 3. The number of unbranched alkanes of at least 4 members (excludes halogenated alkanes) is 22. The van der Waals surface area contributed by atoms with Gasteiger partial charge in [-0.3, -0.25) is 19.0 Å². The quantitative estimate of drug-likeness (QED) is 0.0262. The molecule has 0 radical (unpaired) electrons. The number of allylic oxidation sites excluding steroid dienone is 2. The van der Waals surface area contributed by atoms with Crippen LogP contribution in [0.2, 0.25) is 0 Å². The summed E-state index contributed by atoms with van der Waals surface area (Å²) in [7, 11) is -4.82. The van der Waals surface area contributed by atoms with Gasteiger partial charge in [-0.15, -0.1) is 0 Å². The van der Waals surface area contributed by atoms with Crippen LogP contribution < -0.4 is 0 Å². The van der Waals surface area contributed by atoms with E-state index in [4.69, 9.17) is 9.63 Å². The minimum absolute atomic E-state index is 0.237. The molecule has 0 saturated carbocycles. The molecule has 3 unspecified atom stereocenters. The number of carbonyl (C=O) groups is 2. The van der Waals surface area contributed by atoms with Crippen LogP contribution in [0.3, 0.4) is 0 Å². The molecule has 0 bridgehead atoms. The number of phosphoric ester groups is 1. The van der Waals surface area contributed by atoms with Crippen molar-refractivity contribution in [2.45, 2.75) is 193 Å². The SMILES string of the molecule is CCCCCCCC/C=C\CCCCCCC(C(=O)CCCCCCCCCCCCCCC)C(=O)OP(=O)(O)OCC(O)CO. The molecule has 0 aromatic heterocycles. The summed E-state index contributed by atoms with van der Waals surface area (Å²) in [6.45, 7) is 3.15. The highest BCUT2D eigenvalue weighted by Gasteiger charge is 2.34. The molecule has 0 aromatic rings. The highest BCUT2D eigenvalue weighted by molar-refractivity contribution is 7.48. The Kier molecular flexibility index (Phi) is 31.8. The number of hydrogen-bond acceptors (Lipinski definition) is 7. The lowest BCUT2D eigenvalue weighted by Gasteiger charge is -2.18. The Morgan fingerprint density at radius 2 is 1.07 bits per heavy atom. The molecule has 3 atom stereocenters. The standard InChI is InChI=1S/C37H71O8P/c1-3-5-7-9-11-13-15-17-19-20-22-24-26-28-30-35(37(41)45-46(42,43)44-33-34(39)32-38)36(40)31-29-27-25-23-21-18-16-14-12-10-8-6-4-2/h17,19,34-35,38-39H,3-16,18,20-33H2,1-2H3,(H,42,43)/b19-17-. The number of aliphatic hydroxyl groups excluding tert-OH is 2. The number of Topliss-reactive ketones (excluding diaryl/α,β-unsaturated/α-hetero) is 1. The normalized spacial score (nSPS) is 14.4. The fourth-order valence-electron chi connectivity index (χ4n) is 5.58. The van der Waals surface area contributed by atoms with Gasteiger partial charge in [-0.25, -0.2) is 4.57 Å². The van der Waals surface area contributed by atoms with Crippen molar-refractivity contribution in [2.75, 3.05) is 13.2 Å². The zero-order valence-electron chi connectivity index (χ0n) is 29.6. The van der Waals surface area contributed by atoms with Crippen molar-refractivity contribution in [2.24, 2.45) is 5.92 Å². The Balaban J connectivity index is 4.45. The Morgan fingerprint density at radius 1 is 0.652 bits per heavy atom. The molecule has 3 N–H and O–H groups in total. The summed E-state index contributed by atoms with van der Waals surface area (Å²) >= 11 is 0. The van der Waals surface area contributed by atoms with E-state index in [-0.39, 0.29) is 18.6 Å². The highest BCUT2D eigenvalue weighted by Crippen LogP contribution is 2.44. The second kappa shape index (κ2) is 32.5. The van der Waals surface area contributed by atoms with Gasteiger partial charge in [0.05, 0.1) is 13.2 Å². The first kappa shape index (κ1) is 45.0. The Labute approximate surface area is 282 Å². The van der Waals surface area contributed by atoms with E-state index in [1.807, 2.05) is 0 Å². The lowest BCUT2D eigenvalue weighted by Crippen LogP contribution is -2.26. The van der Waals surface area contributed by atoms with Crippen molar-refractivity contribution in [3.8, 4) is 0 Å². The van der Waals surface area contributed by atoms with Crippen molar-refractivity contribution in [1.82, 2.24) is 0 Å². The van der Waals surface area contributed by atoms with E-state index in [1.165, 1.54) is 96.3 Å². The highest BCUT2D eigenvalue weighted by atomic mass is 31.2. The zero-order chi connectivity index (χ0) is 34.1. The zero-order valence-corrected chi connectivity index (χ0v) is 30.5. The van der Waals surface area contributed by atoms with Crippen LogP contribution in [0.4, 0.5) is 0 Å². The third-order valence-electron chi connectivity index (χ3n) is 8.55. The second-order valence-corrected chi connectivity index (χ2v) is 14.4. The van der Waals surface area contributed by atoms with Crippen LogP contribution in [0.15, 0.2) is 12.2 Å². The Hall–Kier alpha value is -1.05. The lowest BCUT2D eigenvalue weighted by molar-refractivity contribution is -0.145. The molecular weight excluding hydrogens is 603 g/mol. The maximum Gasteiger partial charge on any atom is 0.529 e. The average molecular weight is 675 g/mol. The molecule has 0 aromatic carbocycles. The number of aliphatic hydroxyl groups is 2. The summed E-state index contributed by atoms with van der Waals surface area (Å²) in [5, 5.41) is 18.3. The smallest absolute Gasteiger partial charge is 0.394 e. The van der Waals surface area contributed by atoms with Crippen LogP contribution in [0.25, 0.3) is 0 Å². The van der Waals surface area contributed by atoms with Gasteiger partial charge in [0.15, 0.2) is 0 Å². The molecule has 272 valence electrons. The van der Waals surface area contributed by atoms with Gasteiger partial charge >= 0.3 is 13.8 Å². The third kappa shape index (κ3) is 29.1. The molecule has 0 fully saturated rings. The molecule has 0 aliphatic carbocycles. The molecular formula is C37H71O8P. The number of ketones is 1. The number of phosphoric acid groups is 1. The molecule has 0 saturated heterocycles. The predicted octanol–water partition coefficient (Wildman–Crippen LogP) is 10.3. The van der Waals surface area contributed by atoms with Gasteiger partial charge in [-0.2, -0.15) is 0 Å². The van der Waals surface area contributed by atoms with Gasteiger partial charge in [-0.1, -0.05) is 154 Å². The van der Waals surface area contributed by atoms with E-state index in [0.717, 1.165) is 51.4 Å². The predicted molar refractivity (Wildman–Crippen MR) is 189 cm³/mol. The van der Waals surface area contributed by atoms with Gasteiger partial charge in [0.2, 0.25) is 0 Å². The van der Waals surface area contributed by atoms with E-state index >= 15 is 0 Å². The largest absolute Gasteiger partial charge is 0.529 e. The average Bonchev–Trinajstić information content (AvgIpc) is 3.03. The van der Waals surface area contributed by atoms with Crippen LogP contribution in [0.5, 0.6) is 0 Å². The summed E-state index contributed by atoms with van der Waals surface area (Å²) in [6, 6.07) is 0. The lowest BCUT2D eigenvalue weighted by atomic mass is 9.93. The van der Waals surface area contributed by atoms with Gasteiger partial charge in [-0.05, 0) is 38.5 Å². The Morgan fingerprint density at radius 3 is 1.52 bits per heavy atom. The number of carbonyl (C=O) groups excluding carboxylic acids is 2. The van der Waals surface area contributed by atoms with Crippen molar-refractivity contribution in [1.29, 1.82) is 0 Å². The van der Waals surface area contributed by atoms with Crippen LogP contribution in [-0.4, -0.2) is 46.2 Å². The van der Waals surface area contributed by atoms with Crippen molar-refractivity contribution >= 4 is 19.6 Å². The summed E-state index contributed by atoms with van der Waals surface area (Å²) in [5.74, 6) is -2.43. The van der Waals surface area contributed by atoms with Crippen LogP contribution >= 0.6 is 7.82 Å². The summed E-state index contributed by atoms with van der Waals surface area (Å²) in [6.07, 6.45) is 32.7. The fourth-order valence-corrected chi connectivity index (χ4v) is 6.35. The Bertz CT molecular complexity index is 787. The second-order valence-electron chi connectivity index (χ2n) is 13.0. The summed E-state index contributed by atoms with van der Waals surface area (Å²) in [5.41, 5.74) is 0. The molecule has 0 aliphatic heterocycles. The topological polar surface area (TPSA) is 130 Å². The molecule has 0 aliphatic rings. The van der Waals surface area contributed by atoms with Gasteiger partial charge in [0.25, 0.3) is 0 Å². The van der Waals surface area contributed by atoms with E-state index in [9.17, 15) is 24.2 Å². The first-order valence-corrected chi connectivity index (χ1v) is 20.4.